The monoisotopic (exact) mass is 355 g/mol. The molecule has 2 rings (SSSR count). The molecule has 1 aromatic rings. The molecule has 0 aliphatic carbocycles. The highest BCUT2D eigenvalue weighted by Crippen LogP contribution is 2.26. The Morgan fingerprint density at radius 2 is 1.85 bits per heavy atom. The number of amides is 1. The molecule has 0 saturated heterocycles. The predicted molar refractivity (Wildman–Crippen MR) is 101 cm³/mol. The molecular formula is C21H25NO4. The van der Waals surface area contributed by atoms with Gasteiger partial charge in [0.15, 0.2) is 11.5 Å². The molecule has 2 atom stereocenters. The molecule has 0 bridgehead atoms. The maximum absolute atomic E-state index is 12.7. The first kappa shape index (κ1) is 19.5. The van der Waals surface area contributed by atoms with E-state index in [1.54, 1.807) is 25.1 Å². The summed E-state index contributed by atoms with van der Waals surface area (Å²) in [7, 11) is 0. The molecule has 1 aliphatic rings. The van der Waals surface area contributed by atoms with Crippen molar-refractivity contribution in [1.29, 1.82) is 0 Å². The van der Waals surface area contributed by atoms with Crippen molar-refractivity contribution < 1.29 is 19.8 Å². The lowest BCUT2D eigenvalue weighted by atomic mass is 9.88. The average Bonchev–Trinajstić information content (AvgIpc) is 2.88. The Morgan fingerprint density at radius 3 is 2.46 bits per heavy atom. The van der Waals surface area contributed by atoms with Crippen molar-refractivity contribution in [3.05, 3.63) is 59.0 Å². The number of nitrogens with one attached hydrogen (secondary N) is 1. The van der Waals surface area contributed by atoms with Gasteiger partial charge in [0.25, 0.3) is 5.91 Å². The number of aliphatic hydroxyl groups excluding tert-OH is 1. The van der Waals surface area contributed by atoms with Crippen LogP contribution in [0.5, 0.6) is 5.75 Å². The van der Waals surface area contributed by atoms with Gasteiger partial charge < -0.3 is 15.5 Å². The first-order chi connectivity index (χ1) is 12.3. The van der Waals surface area contributed by atoms with Crippen LogP contribution in [-0.2, 0) is 9.59 Å². The van der Waals surface area contributed by atoms with E-state index in [0.717, 1.165) is 6.42 Å². The lowest BCUT2D eigenvalue weighted by molar-refractivity contribution is -0.123. The summed E-state index contributed by atoms with van der Waals surface area (Å²) >= 11 is 0. The molecule has 0 aromatic heterocycles. The Hall–Kier alpha value is -2.82. The third-order valence-electron chi connectivity index (χ3n) is 4.40. The van der Waals surface area contributed by atoms with Gasteiger partial charge in [-0.2, -0.15) is 0 Å². The van der Waals surface area contributed by atoms with E-state index in [1.807, 2.05) is 13.0 Å². The van der Waals surface area contributed by atoms with E-state index in [-0.39, 0.29) is 34.5 Å². The Bertz CT molecular complexity index is 772. The van der Waals surface area contributed by atoms with E-state index >= 15 is 0 Å². The molecule has 1 aliphatic heterocycles. The predicted octanol–water partition coefficient (Wildman–Crippen LogP) is 3.87. The number of hydrogen-bond donors (Lipinski definition) is 3. The summed E-state index contributed by atoms with van der Waals surface area (Å²) in [6.07, 6.45) is 7.11. The third kappa shape index (κ3) is 4.63. The van der Waals surface area contributed by atoms with E-state index in [2.05, 4.69) is 18.3 Å². The first-order valence-electron chi connectivity index (χ1n) is 8.74. The smallest absolute Gasteiger partial charge is 0.263 e. The summed E-state index contributed by atoms with van der Waals surface area (Å²) in [6, 6.07) is 6.30. The number of aliphatic hydroxyl groups is 1. The SMILES string of the molecule is C/C=C\C[C@H](C)C[C@H](C)C(=O)C1=C(O)/C(=C\c2ccc(O)cc2)NC1=O. The number of benzene rings is 1. The molecular weight excluding hydrogens is 330 g/mol. The molecule has 1 amide bonds. The van der Waals surface area contributed by atoms with Crippen LogP contribution in [0.15, 0.2) is 53.4 Å². The van der Waals surface area contributed by atoms with Crippen molar-refractivity contribution >= 4 is 17.8 Å². The Morgan fingerprint density at radius 1 is 1.19 bits per heavy atom. The van der Waals surface area contributed by atoms with Crippen LogP contribution in [0.3, 0.4) is 0 Å². The number of phenols is 1. The van der Waals surface area contributed by atoms with Crippen LogP contribution in [0.25, 0.3) is 6.08 Å². The average molecular weight is 355 g/mol. The van der Waals surface area contributed by atoms with E-state index in [4.69, 9.17) is 0 Å². The normalized spacial score (nSPS) is 18.4. The van der Waals surface area contributed by atoms with Gasteiger partial charge in [-0.15, -0.1) is 0 Å². The van der Waals surface area contributed by atoms with Crippen LogP contribution in [0.4, 0.5) is 0 Å². The topological polar surface area (TPSA) is 86.6 Å². The van der Waals surface area contributed by atoms with Gasteiger partial charge in [-0.25, -0.2) is 0 Å². The molecule has 0 unspecified atom stereocenters. The fourth-order valence-electron chi connectivity index (χ4n) is 2.98. The van der Waals surface area contributed by atoms with E-state index in [0.29, 0.717) is 17.9 Å². The number of hydrogen-bond acceptors (Lipinski definition) is 4. The summed E-state index contributed by atoms with van der Waals surface area (Å²) in [4.78, 5) is 24.9. The van der Waals surface area contributed by atoms with Crippen molar-refractivity contribution in [2.24, 2.45) is 11.8 Å². The summed E-state index contributed by atoms with van der Waals surface area (Å²) < 4.78 is 0. The number of carbonyl (C=O) groups is 2. The van der Waals surface area contributed by atoms with Crippen LogP contribution in [-0.4, -0.2) is 21.9 Å². The molecule has 0 fully saturated rings. The molecule has 0 spiro atoms. The van der Waals surface area contributed by atoms with Crippen molar-refractivity contribution in [1.82, 2.24) is 5.32 Å². The molecule has 5 nitrogen and oxygen atoms in total. The molecule has 0 saturated carbocycles. The minimum Gasteiger partial charge on any atom is -0.508 e. The molecule has 0 radical (unpaired) electrons. The zero-order valence-corrected chi connectivity index (χ0v) is 15.3. The zero-order chi connectivity index (χ0) is 19.3. The maximum atomic E-state index is 12.7. The number of aromatic hydroxyl groups is 1. The highest BCUT2D eigenvalue weighted by molar-refractivity contribution is 6.23. The number of allylic oxidation sites excluding steroid dienone is 2. The van der Waals surface area contributed by atoms with Crippen LogP contribution in [0, 0.1) is 11.8 Å². The van der Waals surface area contributed by atoms with E-state index in [9.17, 15) is 19.8 Å². The van der Waals surface area contributed by atoms with Gasteiger partial charge in [-0.1, -0.05) is 38.1 Å². The van der Waals surface area contributed by atoms with Gasteiger partial charge in [0.1, 0.15) is 11.3 Å². The standard InChI is InChI=1S/C21H25NO4/c1-4-5-6-13(2)11-14(3)19(24)18-20(25)17(22-21(18)26)12-15-7-9-16(23)10-8-15/h4-5,7-10,12-14,23,25H,6,11H2,1-3H3,(H,22,26)/b5-4-,17-12+/t13-,14-/m0/s1. The second-order valence-electron chi connectivity index (χ2n) is 6.74. The van der Waals surface area contributed by atoms with E-state index < -0.39 is 5.91 Å². The van der Waals surface area contributed by atoms with Gasteiger partial charge >= 0.3 is 0 Å². The molecule has 1 aromatic carbocycles. The van der Waals surface area contributed by atoms with Gasteiger partial charge in [0, 0.05) is 5.92 Å². The maximum Gasteiger partial charge on any atom is 0.263 e. The molecule has 5 heteroatoms. The number of Topliss-reactive ketones (excluding diaryl/α,β-unsaturated/α-hetero) is 1. The van der Waals surface area contributed by atoms with Gasteiger partial charge in [-0.05, 0) is 49.5 Å². The first-order valence-corrected chi connectivity index (χ1v) is 8.74. The summed E-state index contributed by atoms with van der Waals surface area (Å²) in [5.74, 6) is -1.16. The molecule has 26 heavy (non-hydrogen) atoms. The van der Waals surface area contributed by atoms with Crippen LogP contribution >= 0.6 is 0 Å². The number of carbonyl (C=O) groups excluding carboxylic acids is 2. The highest BCUT2D eigenvalue weighted by atomic mass is 16.3. The van der Waals surface area contributed by atoms with Crippen LogP contribution in [0.2, 0.25) is 0 Å². The second kappa shape index (κ2) is 8.52. The number of phenolic OH excluding ortho intramolecular Hbond substituents is 1. The fraction of sp³-hybridized carbons (Fsp3) is 0.333. The molecule has 138 valence electrons. The second-order valence-corrected chi connectivity index (χ2v) is 6.74. The largest absolute Gasteiger partial charge is 0.508 e. The third-order valence-corrected chi connectivity index (χ3v) is 4.40. The van der Waals surface area contributed by atoms with Crippen LogP contribution in [0.1, 0.15) is 39.2 Å². The van der Waals surface area contributed by atoms with Crippen LogP contribution < -0.4 is 5.32 Å². The number of rotatable bonds is 7. The van der Waals surface area contributed by atoms with Gasteiger partial charge in [-0.3, -0.25) is 9.59 Å². The summed E-state index contributed by atoms with van der Waals surface area (Å²) in [6.45, 7) is 5.79. The Kier molecular flexibility index (Phi) is 6.39. The van der Waals surface area contributed by atoms with Crippen molar-refractivity contribution in [2.75, 3.05) is 0 Å². The molecule has 3 N–H and O–H groups in total. The lowest BCUT2D eigenvalue weighted by Gasteiger charge is -2.15. The fourth-order valence-corrected chi connectivity index (χ4v) is 2.98. The zero-order valence-electron chi connectivity index (χ0n) is 15.3. The number of ketones is 1. The summed E-state index contributed by atoms with van der Waals surface area (Å²) in [5, 5.41) is 22.2. The summed E-state index contributed by atoms with van der Waals surface area (Å²) in [5.41, 5.74) is 0.699. The highest BCUT2D eigenvalue weighted by Gasteiger charge is 2.34. The minimum atomic E-state index is -0.578. The van der Waals surface area contributed by atoms with Crippen molar-refractivity contribution in [3.63, 3.8) is 0 Å². The van der Waals surface area contributed by atoms with Gasteiger partial charge in [0.2, 0.25) is 0 Å². The van der Waals surface area contributed by atoms with E-state index in [1.165, 1.54) is 12.1 Å². The minimum absolute atomic E-state index is 0.124. The Labute approximate surface area is 153 Å². The van der Waals surface area contributed by atoms with Crippen molar-refractivity contribution in [3.8, 4) is 5.75 Å². The quantitative estimate of drug-likeness (QED) is 0.512. The molecule has 1 heterocycles. The van der Waals surface area contributed by atoms with Gasteiger partial charge in [0.05, 0.1) is 5.70 Å². The Balaban J connectivity index is 2.18. The van der Waals surface area contributed by atoms with Crippen molar-refractivity contribution in [2.45, 2.75) is 33.6 Å². The lowest BCUT2D eigenvalue weighted by Crippen LogP contribution is -2.24.